The molecule has 1 aromatic rings. The van der Waals surface area contributed by atoms with Crippen molar-refractivity contribution < 1.29 is 13.9 Å². The van der Waals surface area contributed by atoms with E-state index >= 15 is 0 Å². The van der Waals surface area contributed by atoms with Gasteiger partial charge < -0.3 is 15.0 Å². The molecule has 0 spiro atoms. The van der Waals surface area contributed by atoms with Crippen molar-refractivity contribution in [3.05, 3.63) is 29.6 Å². The lowest BCUT2D eigenvalue weighted by Crippen LogP contribution is -2.48. The van der Waals surface area contributed by atoms with E-state index in [4.69, 9.17) is 0 Å². The highest BCUT2D eigenvalue weighted by Gasteiger charge is 2.29. The van der Waals surface area contributed by atoms with Gasteiger partial charge in [0.1, 0.15) is 5.82 Å². The number of piperidine rings is 1. The normalized spacial score (nSPS) is 26.4. The summed E-state index contributed by atoms with van der Waals surface area (Å²) < 4.78 is 18.6. The van der Waals surface area contributed by atoms with E-state index < -0.39 is 5.97 Å². The van der Waals surface area contributed by atoms with Crippen molar-refractivity contribution in [3.63, 3.8) is 0 Å². The maximum absolute atomic E-state index is 14.0. The molecule has 1 aliphatic rings. The second-order valence-electron chi connectivity index (χ2n) is 5.94. The van der Waals surface area contributed by atoms with Crippen molar-refractivity contribution in [1.29, 1.82) is 0 Å². The lowest BCUT2D eigenvalue weighted by molar-refractivity contribution is 0.0600. The molecule has 1 heterocycles. The molecule has 4 nitrogen and oxygen atoms in total. The van der Waals surface area contributed by atoms with Crippen molar-refractivity contribution in [3.8, 4) is 0 Å². The van der Waals surface area contributed by atoms with Crippen LogP contribution in [0.15, 0.2) is 18.2 Å². The van der Waals surface area contributed by atoms with Gasteiger partial charge in [-0.1, -0.05) is 6.92 Å². The van der Waals surface area contributed by atoms with Crippen molar-refractivity contribution in [2.75, 3.05) is 26.0 Å². The standard InChI is InChI=1S/C16H23FN2O2/c1-10-9-19(3)11(2)7-14(10)18-15-8-12(16(20)21-4)5-6-13(15)17/h5-6,8,10-11,14,18H,7,9H2,1-4H3. The number of nitrogens with one attached hydrogen (secondary N) is 1. The third kappa shape index (κ3) is 3.53. The Bertz CT molecular complexity index is 521. The highest BCUT2D eigenvalue weighted by atomic mass is 19.1. The number of anilines is 1. The first kappa shape index (κ1) is 15.8. The second kappa shape index (κ2) is 6.43. The molecule has 0 bridgehead atoms. The van der Waals surface area contributed by atoms with Gasteiger partial charge in [0.05, 0.1) is 18.4 Å². The van der Waals surface area contributed by atoms with E-state index in [0.717, 1.165) is 13.0 Å². The molecule has 1 saturated heterocycles. The Morgan fingerprint density at radius 3 is 2.81 bits per heavy atom. The van der Waals surface area contributed by atoms with Gasteiger partial charge in [0.15, 0.2) is 0 Å². The SMILES string of the molecule is COC(=O)c1ccc(F)c(NC2CC(C)N(C)CC2C)c1. The van der Waals surface area contributed by atoms with Gasteiger partial charge >= 0.3 is 5.97 Å². The smallest absolute Gasteiger partial charge is 0.337 e. The van der Waals surface area contributed by atoms with Gasteiger partial charge in [0, 0.05) is 18.6 Å². The van der Waals surface area contributed by atoms with E-state index in [2.05, 4.69) is 35.8 Å². The number of hydrogen-bond acceptors (Lipinski definition) is 4. The average molecular weight is 294 g/mol. The second-order valence-corrected chi connectivity index (χ2v) is 5.94. The Morgan fingerprint density at radius 2 is 2.14 bits per heavy atom. The molecule has 0 aliphatic carbocycles. The number of nitrogens with zero attached hydrogens (tertiary/aromatic N) is 1. The maximum Gasteiger partial charge on any atom is 0.337 e. The van der Waals surface area contributed by atoms with Crippen LogP contribution in [0.1, 0.15) is 30.6 Å². The number of rotatable bonds is 3. The van der Waals surface area contributed by atoms with Crippen LogP contribution in [0.4, 0.5) is 10.1 Å². The minimum atomic E-state index is -0.456. The topological polar surface area (TPSA) is 41.6 Å². The third-order valence-electron chi connectivity index (χ3n) is 4.34. The largest absolute Gasteiger partial charge is 0.465 e. The fourth-order valence-corrected chi connectivity index (χ4v) is 2.82. The van der Waals surface area contributed by atoms with E-state index in [1.807, 2.05) is 0 Å². The zero-order valence-corrected chi connectivity index (χ0v) is 13.0. The van der Waals surface area contributed by atoms with Crippen molar-refractivity contribution in [2.24, 2.45) is 5.92 Å². The molecule has 1 N–H and O–H groups in total. The summed E-state index contributed by atoms with van der Waals surface area (Å²) in [5, 5.41) is 3.26. The first-order valence-corrected chi connectivity index (χ1v) is 7.27. The predicted octanol–water partition coefficient (Wildman–Crippen LogP) is 2.75. The van der Waals surface area contributed by atoms with E-state index in [1.54, 1.807) is 0 Å². The van der Waals surface area contributed by atoms with Crippen LogP contribution in [0.2, 0.25) is 0 Å². The number of carbonyl (C=O) groups is 1. The molecule has 1 aromatic carbocycles. The number of benzene rings is 1. The molecule has 0 amide bonds. The quantitative estimate of drug-likeness (QED) is 0.870. The predicted molar refractivity (Wildman–Crippen MR) is 81.0 cm³/mol. The molecular weight excluding hydrogens is 271 g/mol. The molecular formula is C16H23FN2O2. The van der Waals surface area contributed by atoms with Crippen LogP contribution in [0.5, 0.6) is 0 Å². The van der Waals surface area contributed by atoms with Crippen LogP contribution < -0.4 is 5.32 Å². The summed E-state index contributed by atoms with van der Waals surface area (Å²) in [7, 11) is 3.43. The molecule has 1 fully saturated rings. The van der Waals surface area contributed by atoms with Crippen LogP contribution in [0.25, 0.3) is 0 Å². The summed E-state index contributed by atoms with van der Waals surface area (Å²) in [6.45, 7) is 5.29. The van der Waals surface area contributed by atoms with E-state index in [1.165, 1.54) is 25.3 Å². The van der Waals surface area contributed by atoms with Gasteiger partial charge in [0.25, 0.3) is 0 Å². The highest BCUT2D eigenvalue weighted by Crippen LogP contribution is 2.26. The fraction of sp³-hybridized carbons (Fsp3) is 0.562. The molecule has 0 saturated carbocycles. The third-order valence-corrected chi connectivity index (χ3v) is 4.34. The Balaban J connectivity index is 2.17. The minimum Gasteiger partial charge on any atom is -0.465 e. The molecule has 3 atom stereocenters. The molecule has 21 heavy (non-hydrogen) atoms. The van der Waals surface area contributed by atoms with E-state index in [0.29, 0.717) is 23.2 Å². The Hall–Kier alpha value is -1.62. The van der Waals surface area contributed by atoms with Gasteiger partial charge in [0.2, 0.25) is 0 Å². The lowest BCUT2D eigenvalue weighted by Gasteiger charge is -2.40. The van der Waals surface area contributed by atoms with Crippen LogP contribution >= 0.6 is 0 Å². The molecule has 1 aliphatic heterocycles. The number of halogens is 1. The van der Waals surface area contributed by atoms with Gasteiger partial charge in [-0.15, -0.1) is 0 Å². The summed E-state index contributed by atoms with van der Waals surface area (Å²) in [6.07, 6.45) is 0.944. The molecule has 5 heteroatoms. The van der Waals surface area contributed by atoms with Gasteiger partial charge in [-0.2, -0.15) is 0 Å². The summed E-state index contributed by atoms with van der Waals surface area (Å²) in [5.41, 5.74) is 0.724. The number of ether oxygens (including phenoxy) is 1. The molecule has 2 rings (SSSR count). The first-order valence-electron chi connectivity index (χ1n) is 7.27. The maximum atomic E-state index is 14.0. The number of hydrogen-bond donors (Lipinski definition) is 1. The van der Waals surface area contributed by atoms with Crippen LogP contribution in [0.3, 0.4) is 0 Å². The van der Waals surface area contributed by atoms with Crippen LogP contribution in [-0.2, 0) is 4.74 Å². The van der Waals surface area contributed by atoms with Gasteiger partial charge in [-0.3, -0.25) is 0 Å². The summed E-state index contributed by atoms with van der Waals surface area (Å²) in [4.78, 5) is 13.9. The zero-order chi connectivity index (χ0) is 15.6. The summed E-state index contributed by atoms with van der Waals surface area (Å²) in [5.74, 6) is -0.392. The minimum absolute atomic E-state index is 0.193. The molecule has 3 unspecified atom stereocenters. The average Bonchev–Trinajstić information content (AvgIpc) is 2.46. The van der Waals surface area contributed by atoms with Crippen LogP contribution in [0, 0.1) is 11.7 Å². The number of methoxy groups -OCH3 is 1. The van der Waals surface area contributed by atoms with Crippen molar-refractivity contribution >= 4 is 11.7 Å². The first-order chi connectivity index (χ1) is 9.92. The summed E-state index contributed by atoms with van der Waals surface area (Å²) >= 11 is 0. The highest BCUT2D eigenvalue weighted by molar-refractivity contribution is 5.90. The van der Waals surface area contributed by atoms with Crippen molar-refractivity contribution in [2.45, 2.75) is 32.4 Å². The van der Waals surface area contributed by atoms with E-state index in [9.17, 15) is 9.18 Å². The van der Waals surface area contributed by atoms with E-state index in [-0.39, 0.29) is 11.9 Å². The fourth-order valence-electron chi connectivity index (χ4n) is 2.82. The number of likely N-dealkylation sites (tertiary alicyclic amines) is 1. The van der Waals surface area contributed by atoms with Crippen LogP contribution in [-0.4, -0.2) is 43.7 Å². The number of carbonyl (C=O) groups excluding carboxylic acids is 1. The lowest BCUT2D eigenvalue weighted by atomic mass is 9.89. The Morgan fingerprint density at radius 1 is 1.43 bits per heavy atom. The monoisotopic (exact) mass is 294 g/mol. The Kier molecular flexibility index (Phi) is 4.83. The number of esters is 1. The van der Waals surface area contributed by atoms with Crippen molar-refractivity contribution in [1.82, 2.24) is 4.90 Å². The zero-order valence-electron chi connectivity index (χ0n) is 13.0. The molecule has 0 radical (unpaired) electrons. The molecule has 116 valence electrons. The van der Waals surface area contributed by atoms with Gasteiger partial charge in [-0.05, 0) is 44.5 Å². The Labute approximate surface area is 125 Å². The summed E-state index contributed by atoms with van der Waals surface area (Å²) in [6, 6.07) is 4.91. The molecule has 0 aromatic heterocycles. The van der Waals surface area contributed by atoms with Gasteiger partial charge in [-0.25, -0.2) is 9.18 Å².